The molecule has 0 atom stereocenters. The van der Waals surface area contributed by atoms with Crippen LogP contribution in [0.3, 0.4) is 0 Å². The van der Waals surface area contributed by atoms with Crippen LogP contribution in [-0.2, 0) is 21.7 Å². The van der Waals surface area contributed by atoms with Crippen LogP contribution in [0.25, 0.3) is 56.2 Å². The van der Waals surface area contributed by atoms with E-state index in [0.29, 0.717) is 56.2 Å². The minimum atomic E-state index is -0.269. The molecule has 56 heavy (non-hydrogen) atoms. The van der Waals surface area contributed by atoms with Gasteiger partial charge in [-0.05, 0) is 117 Å². The molecule has 4 N–H and O–H groups in total. The standard InChI is InChI=1S/C50H56N2O4/c1-47(2,3)29-19-21-43(53)33(23-29)35-25-31(49(7,8)9)27-37(45(35)55)39-15-13-17-41(51-39)42-18-14-16-40(52-42)38-28-32(50(10,11)12)26-36(46(38)56)34-24-30(48(4,5)6)20-22-44(34)54/h13-28,53-56H,1-12H3. The molecule has 6 rings (SSSR count). The topological polar surface area (TPSA) is 107 Å². The number of benzene rings is 4. The van der Waals surface area contributed by atoms with Crippen molar-refractivity contribution >= 4 is 0 Å². The molecular weight excluding hydrogens is 693 g/mol. The molecule has 290 valence electrons. The summed E-state index contributed by atoms with van der Waals surface area (Å²) < 4.78 is 0. The van der Waals surface area contributed by atoms with E-state index in [9.17, 15) is 20.4 Å². The highest BCUT2D eigenvalue weighted by atomic mass is 16.3. The fraction of sp³-hybridized carbons (Fsp3) is 0.320. The molecule has 4 aromatic carbocycles. The van der Waals surface area contributed by atoms with Crippen molar-refractivity contribution in [1.82, 2.24) is 9.97 Å². The Morgan fingerprint density at radius 2 is 0.607 bits per heavy atom. The van der Waals surface area contributed by atoms with Crippen molar-refractivity contribution < 1.29 is 20.4 Å². The highest BCUT2D eigenvalue weighted by Crippen LogP contribution is 2.47. The zero-order chi connectivity index (χ0) is 41.1. The van der Waals surface area contributed by atoms with Gasteiger partial charge in [-0.2, -0.15) is 0 Å². The number of hydrogen-bond acceptors (Lipinski definition) is 6. The van der Waals surface area contributed by atoms with Gasteiger partial charge in [-0.3, -0.25) is 0 Å². The zero-order valence-electron chi connectivity index (χ0n) is 34.9. The van der Waals surface area contributed by atoms with Crippen LogP contribution in [0.1, 0.15) is 105 Å². The van der Waals surface area contributed by atoms with Crippen molar-refractivity contribution in [1.29, 1.82) is 0 Å². The van der Waals surface area contributed by atoms with Gasteiger partial charge in [-0.15, -0.1) is 0 Å². The van der Waals surface area contributed by atoms with Gasteiger partial charge in [0.25, 0.3) is 0 Å². The summed E-state index contributed by atoms with van der Waals surface area (Å²) in [7, 11) is 0. The number of phenols is 4. The lowest BCUT2D eigenvalue weighted by molar-refractivity contribution is 0.468. The van der Waals surface area contributed by atoms with Gasteiger partial charge in [-0.1, -0.05) is 107 Å². The first-order valence-corrected chi connectivity index (χ1v) is 19.3. The first-order valence-electron chi connectivity index (χ1n) is 19.3. The third kappa shape index (κ3) is 8.02. The summed E-state index contributed by atoms with van der Waals surface area (Å²) in [6.45, 7) is 25.5. The van der Waals surface area contributed by atoms with Crippen molar-refractivity contribution in [2.75, 3.05) is 0 Å². The molecule has 0 aliphatic rings. The number of hydrogen-bond donors (Lipinski definition) is 4. The van der Waals surface area contributed by atoms with E-state index < -0.39 is 0 Å². The SMILES string of the molecule is CC(C)(C)c1ccc(O)c(-c2cc(C(C)(C)C)cc(-c3cccc(-c4cccc(-c5cc(C(C)(C)C)cc(-c6cc(C(C)(C)C)ccc6O)c5O)n4)n3)c2O)c1. The normalized spacial score (nSPS) is 12.6. The van der Waals surface area contributed by atoms with E-state index in [1.54, 1.807) is 12.1 Å². The van der Waals surface area contributed by atoms with Gasteiger partial charge in [0.2, 0.25) is 0 Å². The predicted molar refractivity (Wildman–Crippen MR) is 231 cm³/mol. The lowest BCUT2D eigenvalue weighted by Crippen LogP contribution is -2.12. The van der Waals surface area contributed by atoms with Gasteiger partial charge in [0.05, 0.1) is 22.8 Å². The smallest absolute Gasteiger partial charge is 0.132 e. The van der Waals surface area contributed by atoms with Gasteiger partial charge in [0.15, 0.2) is 0 Å². The van der Waals surface area contributed by atoms with Crippen molar-refractivity contribution in [3.63, 3.8) is 0 Å². The average molecular weight is 749 g/mol. The second-order valence-electron chi connectivity index (χ2n) is 19.1. The van der Waals surface area contributed by atoms with Crippen LogP contribution in [0.2, 0.25) is 0 Å². The number of phenolic OH excluding ortho intramolecular Hbond substituents is 4. The number of nitrogens with zero attached hydrogens (tertiary/aromatic N) is 2. The molecule has 0 saturated carbocycles. The molecule has 0 unspecified atom stereocenters. The van der Waals surface area contributed by atoms with Crippen molar-refractivity contribution in [2.45, 2.75) is 105 Å². The number of aromatic hydroxyl groups is 4. The Kier molecular flexibility index (Phi) is 10.1. The average Bonchev–Trinajstić information content (AvgIpc) is 3.10. The fourth-order valence-electron chi connectivity index (χ4n) is 6.83. The summed E-state index contributed by atoms with van der Waals surface area (Å²) in [6, 6.07) is 30.3. The van der Waals surface area contributed by atoms with Crippen molar-refractivity contribution in [2.24, 2.45) is 0 Å². The molecule has 0 amide bonds. The third-order valence-electron chi connectivity index (χ3n) is 10.6. The van der Waals surface area contributed by atoms with E-state index in [1.807, 2.05) is 84.9 Å². The molecule has 6 aromatic rings. The largest absolute Gasteiger partial charge is 0.507 e. The van der Waals surface area contributed by atoms with Crippen LogP contribution >= 0.6 is 0 Å². The van der Waals surface area contributed by atoms with Crippen LogP contribution in [0, 0.1) is 0 Å². The lowest BCUT2D eigenvalue weighted by Gasteiger charge is -2.24. The highest BCUT2D eigenvalue weighted by Gasteiger charge is 2.26. The molecule has 2 aromatic heterocycles. The Balaban J connectivity index is 1.50. The van der Waals surface area contributed by atoms with Gasteiger partial charge in [0, 0.05) is 33.4 Å². The number of aromatic nitrogens is 2. The van der Waals surface area contributed by atoms with Crippen LogP contribution in [0.15, 0.2) is 97.1 Å². The molecule has 0 fully saturated rings. The number of rotatable bonds is 5. The molecule has 6 nitrogen and oxygen atoms in total. The van der Waals surface area contributed by atoms with Crippen LogP contribution < -0.4 is 0 Å². The molecule has 0 spiro atoms. The Hall–Kier alpha value is -5.62. The van der Waals surface area contributed by atoms with Crippen LogP contribution in [0.5, 0.6) is 23.0 Å². The summed E-state index contributed by atoms with van der Waals surface area (Å²) in [5.74, 6) is 0.237. The fourth-order valence-corrected chi connectivity index (χ4v) is 6.83. The maximum absolute atomic E-state index is 12.0. The summed E-state index contributed by atoms with van der Waals surface area (Å²) in [6.07, 6.45) is 0. The monoisotopic (exact) mass is 748 g/mol. The minimum Gasteiger partial charge on any atom is -0.507 e. The second kappa shape index (κ2) is 14.1. The summed E-state index contributed by atoms with van der Waals surface area (Å²) >= 11 is 0. The van der Waals surface area contributed by atoms with E-state index in [1.165, 1.54) is 0 Å². The quantitative estimate of drug-likeness (QED) is 0.140. The maximum Gasteiger partial charge on any atom is 0.132 e. The van der Waals surface area contributed by atoms with E-state index in [-0.39, 0.29) is 44.7 Å². The van der Waals surface area contributed by atoms with E-state index >= 15 is 0 Å². The first kappa shape index (κ1) is 40.1. The van der Waals surface area contributed by atoms with Gasteiger partial charge >= 0.3 is 0 Å². The second-order valence-corrected chi connectivity index (χ2v) is 19.1. The summed E-state index contributed by atoms with van der Waals surface area (Å²) in [4.78, 5) is 10.1. The first-order chi connectivity index (χ1) is 25.9. The van der Waals surface area contributed by atoms with Crippen molar-refractivity contribution in [3.8, 4) is 79.2 Å². The highest BCUT2D eigenvalue weighted by molar-refractivity contribution is 5.87. The molecule has 0 aliphatic heterocycles. The number of pyridine rings is 2. The lowest BCUT2D eigenvalue weighted by atomic mass is 9.81. The Bertz CT molecular complexity index is 2280. The maximum atomic E-state index is 12.0. The Labute approximate surface area is 332 Å². The zero-order valence-corrected chi connectivity index (χ0v) is 34.9. The predicted octanol–water partition coefficient (Wildman–Crippen LogP) is 12.8. The minimum absolute atomic E-state index is 0.0287. The molecular formula is C50H56N2O4. The van der Waals surface area contributed by atoms with Crippen molar-refractivity contribution in [3.05, 3.63) is 119 Å². The van der Waals surface area contributed by atoms with Gasteiger partial charge < -0.3 is 20.4 Å². The summed E-state index contributed by atoms with van der Waals surface area (Å²) in [5, 5.41) is 46.1. The third-order valence-corrected chi connectivity index (χ3v) is 10.6. The van der Waals surface area contributed by atoms with E-state index in [4.69, 9.17) is 9.97 Å². The molecule has 0 aliphatic carbocycles. The summed E-state index contributed by atoms with van der Waals surface area (Å²) in [5.41, 5.74) is 8.76. The molecule has 0 saturated heterocycles. The van der Waals surface area contributed by atoms with Crippen LogP contribution in [0.4, 0.5) is 0 Å². The van der Waals surface area contributed by atoms with E-state index in [2.05, 4.69) is 83.1 Å². The Morgan fingerprint density at radius 3 is 0.929 bits per heavy atom. The molecule has 0 bridgehead atoms. The Morgan fingerprint density at radius 1 is 0.321 bits per heavy atom. The van der Waals surface area contributed by atoms with E-state index in [0.717, 1.165) is 22.3 Å². The van der Waals surface area contributed by atoms with Crippen LogP contribution in [-0.4, -0.2) is 30.4 Å². The molecule has 6 heteroatoms. The molecule has 2 heterocycles. The molecule has 0 radical (unpaired) electrons. The van der Waals surface area contributed by atoms with Gasteiger partial charge in [-0.25, -0.2) is 9.97 Å². The van der Waals surface area contributed by atoms with Gasteiger partial charge in [0.1, 0.15) is 23.0 Å².